The molecular formula is C48H35NOSi2. The van der Waals surface area contributed by atoms with E-state index in [1.54, 1.807) is 0 Å². The predicted molar refractivity (Wildman–Crippen MR) is 222 cm³/mol. The largest absolute Gasteiger partial charge is 0.458 e. The van der Waals surface area contributed by atoms with Crippen molar-refractivity contribution in [2.24, 2.45) is 0 Å². The van der Waals surface area contributed by atoms with E-state index in [1.165, 1.54) is 41.5 Å². The van der Waals surface area contributed by atoms with Crippen LogP contribution >= 0.6 is 0 Å². The Morgan fingerprint density at radius 3 is 1.17 bits per heavy atom. The molecule has 2 nitrogen and oxygen atoms in total. The number of nitrogens with zero attached hydrogens (tertiary/aromatic N) is 1. The lowest BCUT2D eigenvalue weighted by Crippen LogP contribution is -2.93. The fourth-order valence-electron chi connectivity index (χ4n) is 9.08. The standard InChI is InChI=1S/C48H35NOSi2/c1-5-19-36(20-6-1)49(37-21-7-2-8-22-37)38-33-34-42-48(35-38)52(43-28-14-13-27-41(43)50-42)46-31-17-15-29-44(46)51(39-23-9-3-10-24-39,40-25-11-4-12-26-40)45-30-16-18-32-47(45)52/h1-35H. The Morgan fingerprint density at radius 2 is 0.673 bits per heavy atom. The topological polar surface area (TPSA) is 12.5 Å². The highest BCUT2D eigenvalue weighted by Gasteiger charge is 2.59. The van der Waals surface area contributed by atoms with Crippen LogP contribution in [0.5, 0.6) is 11.5 Å². The normalized spacial score (nSPS) is 14.2. The second-order valence-electron chi connectivity index (χ2n) is 13.6. The second kappa shape index (κ2) is 12.2. The van der Waals surface area contributed by atoms with E-state index in [9.17, 15) is 0 Å². The fourth-order valence-corrected chi connectivity index (χ4v) is 21.4. The first-order valence-corrected chi connectivity index (χ1v) is 21.9. The third-order valence-electron chi connectivity index (χ3n) is 11.0. The van der Waals surface area contributed by atoms with E-state index in [1.807, 2.05) is 0 Å². The summed E-state index contributed by atoms with van der Waals surface area (Å²) in [4.78, 5) is 2.37. The summed E-state index contributed by atoms with van der Waals surface area (Å²) >= 11 is 0. The molecule has 0 fully saturated rings. The van der Waals surface area contributed by atoms with Crippen molar-refractivity contribution in [3.8, 4) is 11.5 Å². The lowest BCUT2D eigenvalue weighted by molar-refractivity contribution is 0.487. The smallest absolute Gasteiger partial charge is 0.188 e. The highest BCUT2D eigenvalue weighted by atomic mass is 28.3. The van der Waals surface area contributed by atoms with E-state index in [2.05, 4.69) is 217 Å². The van der Waals surface area contributed by atoms with Crippen LogP contribution in [0.3, 0.4) is 0 Å². The Hall–Kier alpha value is -6.21. The van der Waals surface area contributed by atoms with Gasteiger partial charge in [-0.25, -0.2) is 0 Å². The number of benzene rings is 8. The minimum Gasteiger partial charge on any atom is -0.458 e. The zero-order chi connectivity index (χ0) is 34.5. The van der Waals surface area contributed by atoms with Crippen LogP contribution in [0.15, 0.2) is 212 Å². The monoisotopic (exact) mass is 697 g/mol. The van der Waals surface area contributed by atoms with Gasteiger partial charge in [-0.3, -0.25) is 0 Å². The molecule has 0 aromatic heterocycles. The minimum atomic E-state index is -3.00. The minimum absolute atomic E-state index is 0.938. The van der Waals surface area contributed by atoms with Gasteiger partial charge in [-0.15, -0.1) is 0 Å². The molecule has 0 amide bonds. The van der Waals surface area contributed by atoms with Crippen molar-refractivity contribution in [3.63, 3.8) is 0 Å². The van der Waals surface area contributed by atoms with Gasteiger partial charge in [0.05, 0.1) is 0 Å². The molecule has 2 heterocycles. The first kappa shape index (κ1) is 30.6. The fraction of sp³-hybridized carbons (Fsp3) is 0. The molecule has 4 heteroatoms. The van der Waals surface area contributed by atoms with Crippen molar-refractivity contribution in [3.05, 3.63) is 212 Å². The van der Waals surface area contributed by atoms with Crippen molar-refractivity contribution in [2.75, 3.05) is 4.90 Å². The highest BCUT2D eigenvalue weighted by molar-refractivity contribution is 7.33. The number of para-hydroxylation sites is 3. The Bertz CT molecular complexity index is 2430. The summed E-state index contributed by atoms with van der Waals surface area (Å²) in [6.07, 6.45) is 0. The van der Waals surface area contributed by atoms with Gasteiger partial charge in [-0.2, -0.15) is 0 Å². The molecule has 8 aromatic carbocycles. The van der Waals surface area contributed by atoms with Crippen LogP contribution in [-0.4, -0.2) is 16.1 Å². The zero-order valence-electron chi connectivity index (χ0n) is 28.6. The maximum absolute atomic E-state index is 6.93. The molecule has 0 atom stereocenters. The lowest BCUT2D eigenvalue weighted by atomic mass is 10.2. The van der Waals surface area contributed by atoms with Crippen molar-refractivity contribution in [2.45, 2.75) is 0 Å². The van der Waals surface area contributed by atoms with Crippen molar-refractivity contribution in [1.82, 2.24) is 0 Å². The van der Waals surface area contributed by atoms with Crippen LogP contribution in [0.25, 0.3) is 0 Å². The molecule has 1 spiro atoms. The van der Waals surface area contributed by atoms with E-state index < -0.39 is 16.1 Å². The number of fused-ring (bicyclic) bond motifs is 8. The molecule has 2 aliphatic heterocycles. The van der Waals surface area contributed by atoms with E-state index in [0.717, 1.165) is 28.6 Å². The van der Waals surface area contributed by atoms with Crippen molar-refractivity contribution in [1.29, 1.82) is 0 Å². The average Bonchev–Trinajstić information content (AvgIpc) is 3.23. The van der Waals surface area contributed by atoms with E-state index in [-0.39, 0.29) is 0 Å². The number of hydrogen-bond donors (Lipinski definition) is 0. The summed E-state index contributed by atoms with van der Waals surface area (Å²) in [6, 6.07) is 78.6. The van der Waals surface area contributed by atoms with Crippen LogP contribution in [0, 0.1) is 0 Å². The Morgan fingerprint density at radius 1 is 0.288 bits per heavy atom. The molecule has 0 aliphatic carbocycles. The number of anilines is 3. The van der Waals surface area contributed by atoms with Gasteiger partial charge in [0.15, 0.2) is 16.1 Å². The second-order valence-corrected chi connectivity index (χ2v) is 21.0. The van der Waals surface area contributed by atoms with Gasteiger partial charge in [-0.1, -0.05) is 164 Å². The van der Waals surface area contributed by atoms with Crippen LogP contribution in [-0.2, 0) is 0 Å². The van der Waals surface area contributed by atoms with Gasteiger partial charge in [-0.05, 0) is 90.0 Å². The average molecular weight is 698 g/mol. The lowest BCUT2D eigenvalue weighted by Gasteiger charge is -2.50. The Labute approximate surface area is 306 Å². The van der Waals surface area contributed by atoms with Gasteiger partial charge in [0.2, 0.25) is 0 Å². The molecular weight excluding hydrogens is 663 g/mol. The maximum Gasteiger partial charge on any atom is 0.188 e. The zero-order valence-corrected chi connectivity index (χ0v) is 30.6. The van der Waals surface area contributed by atoms with Gasteiger partial charge in [0.1, 0.15) is 11.5 Å². The number of hydrogen-bond acceptors (Lipinski definition) is 2. The third kappa shape index (κ3) is 4.35. The summed E-state index contributed by atoms with van der Waals surface area (Å²) in [7, 11) is -5.79. The van der Waals surface area contributed by atoms with E-state index in [4.69, 9.17) is 4.74 Å². The first-order valence-electron chi connectivity index (χ1n) is 17.9. The summed E-state index contributed by atoms with van der Waals surface area (Å²) in [5.41, 5.74) is 3.34. The number of rotatable bonds is 5. The quantitative estimate of drug-likeness (QED) is 0.195. The molecule has 8 aromatic rings. The summed E-state index contributed by atoms with van der Waals surface area (Å²) in [5.74, 6) is 1.89. The van der Waals surface area contributed by atoms with E-state index in [0.29, 0.717) is 0 Å². The third-order valence-corrected chi connectivity index (χ3v) is 21.3. The Balaban J connectivity index is 1.35. The Kier molecular flexibility index (Phi) is 7.20. The predicted octanol–water partition coefficient (Wildman–Crippen LogP) is 6.33. The molecule has 0 unspecified atom stereocenters. The molecule has 52 heavy (non-hydrogen) atoms. The molecule has 0 radical (unpaired) electrons. The summed E-state index contributed by atoms with van der Waals surface area (Å²) in [6.45, 7) is 0. The summed E-state index contributed by atoms with van der Waals surface area (Å²) < 4.78 is 6.93. The number of ether oxygens (including phenoxy) is 1. The molecule has 0 bridgehead atoms. The molecule has 0 saturated heterocycles. The highest BCUT2D eigenvalue weighted by Crippen LogP contribution is 2.38. The van der Waals surface area contributed by atoms with Crippen LogP contribution in [0.1, 0.15) is 0 Å². The molecule has 2 aliphatic rings. The van der Waals surface area contributed by atoms with Gasteiger partial charge < -0.3 is 9.64 Å². The maximum atomic E-state index is 6.93. The molecule has 246 valence electrons. The van der Waals surface area contributed by atoms with Crippen LogP contribution in [0.2, 0.25) is 0 Å². The molecule has 0 N–H and O–H groups in total. The van der Waals surface area contributed by atoms with Gasteiger partial charge in [0, 0.05) is 17.1 Å². The van der Waals surface area contributed by atoms with Crippen LogP contribution in [0.4, 0.5) is 17.1 Å². The van der Waals surface area contributed by atoms with Crippen molar-refractivity contribution >= 4 is 74.7 Å². The molecule has 0 saturated carbocycles. The van der Waals surface area contributed by atoms with Gasteiger partial charge in [0.25, 0.3) is 0 Å². The first-order chi connectivity index (χ1) is 25.8. The summed E-state index contributed by atoms with van der Waals surface area (Å²) in [5, 5.41) is 11.2. The SMILES string of the molecule is c1ccc(N(c2ccccc2)c2ccc3c(c2)[Si]2(c4ccccc4O3)c3ccccc3[Si](c3ccccc3)(c3ccccc3)c3ccccc32)cc1. The van der Waals surface area contributed by atoms with Gasteiger partial charge >= 0.3 is 0 Å². The van der Waals surface area contributed by atoms with Crippen LogP contribution < -0.4 is 51.1 Å². The van der Waals surface area contributed by atoms with E-state index >= 15 is 0 Å². The van der Waals surface area contributed by atoms with Crippen molar-refractivity contribution < 1.29 is 4.74 Å². The molecule has 10 rings (SSSR count).